The first-order valence-electron chi connectivity index (χ1n) is 8.05. The summed E-state index contributed by atoms with van der Waals surface area (Å²) in [6.45, 7) is 0.106. The van der Waals surface area contributed by atoms with Gasteiger partial charge in [0.1, 0.15) is 5.75 Å². The second kappa shape index (κ2) is 10.9. The molecule has 0 radical (unpaired) electrons. The number of anilines is 1. The molecule has 0 bridgehead atoms. The Morgan fingerprint density at radius 2 is 1.92 bits per heavy atom. The molecule has 0 heterocycles. The van der Waals surface area contributed by atoms with Crippen LogP contribution in [0, 0.1) is 0 Å². The first-order chi connectivity index (χ1) is 12.6. The molecule has 0 fully saturated rings. The third kappa shape index (κ3) is 7.49. The molecule has 0 aliphatic heterocycles. The molecule has 0 spiro atoms. The minimum atomic E-state index is -0.421. The van der Waals surface area contributed by atoms with E-state index in [2.05, 4.69) is 21.2 Å². The molecular weight excluding hydrogens is 418 g/mol. The molecule has 2 aromatic rings. The van der Waals surface area contributed by atoms with Crippen molar-refractivity contribution in [2.24, 2.45) is 0 Å². The Morgan fingerprint density at radius 3 is 2.62 bits per heavy atom. The Hall–Kier alpha value is -1.99. The molecule has 0 atom stereocenters. The fraction of sp³-hybridized carbons (Fsp3) is 0.263. The van der Waals surface area contributed by atoms with Gasteiger partial charge < -0.3 is 14.8 Å². The highest BCUT2D eigenvalue weighted by molar-refractivity contribution is 9.10. The summed E-state index contributed by atoms with van der Waals surface area (Å²) in [5.41, 5.74) is 0.672. The lowest BCUT2D eigenvalue weighted by atomic mass is 10.3. The summed E-state index contributed by atoms with van der Waals surface area (Å²) in [6, 6.07) is 14.9. The highest BCUT2D eigenvalue weighted by Crippen LogP contribution is 2.18. The molecule has 0 aliphatic carbocycles. The molecule has 2 aromatic carbocycles. The standard InChI is InChI=1S/C19H20BrNO4S/c1-26-17-9-7-15(8-10-17)21-18(22)13-25-19(23)6-3-11-24-16-5-2-4-14(20)12-16/h2,4-5,7-10,12H,3,6,11,13H2,1H3,(H,21,22). The summed E-state index contributed by atoms with van der Waals surface area (Å²) in [5.74, 6) is -0.0454. The summed E-state index contributed by atoms with van der Waals surface area (Å²) >= 11 is 4.99. The molecule has 26 heavy (non-hydrogen) atoms. The molecule has 7 heteroatoms. The maximum atomic E-state index is 11.8. The van der Waals surface area contributed by atoms with Gasteiger partial charge in [-0.1, -0.05) is 22.0 Å². The van der Waals surface area contributed by atoms with Gasteiger partial charge in [0, 0.05) is 21.5 Å². The zero-order valence-corrected chi connectivity index (χ0v) is 16.8. The van der Waals surface area contributed by atoms with E-state index in [-0.39, 0.29) is 18.9 Å². The topological polar surface area (TPSA) is 64.6 Å². The molecule has 0 saturated heterocycles. The monoisotopic (exact) mass is 437 g/mol. The highest BCUT2D eigenvalue weighted by Gasteiger charge is 2.08. The third-order valence-corrected chi connectivity index (χ3v) is 4.56. The van der Waals surface area contributed by atoms with Crippen molar-refractivity contribution >= 4 is 45.3 Å². The van der Waals surface area contributed by atoms with Gasteiger partial charge in [-0.05, 0) is 55.1 Å². The van der Waals surface area contributed by atoms with Crippen LogP contribution in [0.25, 0.3) is 0 Å². The Bertz CT molecular complexity index is 737. The first-order valence-corrected chi connectivity index (χ1v) is 10.1. The molecule has 0 unspecified atom stereocenters. The number of hydrogen-bond donors (Lipinski definition) is 1. The SMILES string of the molecule is CSc1ccc(NC(=O)COC(=O)CCCOc2cccc(Br)c2)cc1. The summed E-state index contributed by atoms with van der Waals surface area (Å²) in [5, 5.41) is 2.69. The van der Waals surface area contributed by atoms with Crippen LogP contribution in [0.4, 0.5) is 5.69 Å². The van der Waals surface area contributed by atoms with Crippen LogP contribution in [0.3, 0.4) is 0 Å². The predicted molar refractivity (Wildman–Crippen MR) is 107 cm³/mol. The molecule has 1 N–H and O–H groups in total. The van der Waals surface area contributed by atoms with E-state index in [1.165, 1.54) is 0 Å². The lowest BCUT2D eigenvalue weighted by Crippen LogP contribution is -2.21. The molecule has 0 aliphatic rings. The van der Waals surface area contributed by atoms with Crippen molar-refractivity contribution in [3.63, 3.8) is 0 Å². The Morgan fingerprint density at radius 1 is 1.15 bits per heavy atom. The number of carbonyl (C=O) groups excluding carboxylic acids is 2. The van der Waals surface area contributed by atoms with Crippen molar-refractivity contribution in [3.05, 3.63) is 53.0 Å². The highest BCUT2D eigenvalue weighted by atomic mass is 79.9. The second-order valence-electron chi connectivity index (χ2n) is 5.35. The Labute approximate surface area is 165 Å². The van der Waals surface area contributed by atoms with Gasteiger partial charge in [0.05, 0.1) is 6.61 Å². The van der Waals surface area contributed by atoms with E-state index in [4.69, 9.17) is 9.47 Å². The molecule has 5 nitrogen and oxygen atoms in total. The number of esters is 1. The van der Waals surface area contributed by atoms with Crippen LogP contribution in [0.5, 0.6) is 5.75 Å². The maximum Gasteiger partial charge on any atom is 0.306 e. The van der Waals surface area contributed by atoms with Crippen molar-refractivity contribution < 1.29 is 19.1 Å². The van der Waals surface area contributed by atoms with Crippen LogP contribution >= 0.6 is 27.7 Å². The predicted octanol–water partition coefficient (Wildman–Crippen LogP) is 4.51. The largest absolute Gasteiger partial charge is 0.494 e. The quantitative estimate of drug-likeness (QED) is 0.355. The van der Waals surface area contributed by atoms with E-state index in [0.717, 1.165) is 15.1 Å². The number of nitrogens with one attached hydrogen (secondary N) is 1. The minimum Gasteiger partial charge on any atom is -0.494 e. The van der Waals surface area contributed by atoms with Crippen molar-refractivity contribution in [3.8, 4) is 5.75 Å². The second-order valence-corrected chi connectivity index (χ2v) is 7.14. The number of amides is 1. The van der Waals surface area contributed by atoms with Gasteiger partial charge in [0.25, 0.3) is 5.91 Å². The van der Waals surface area contributed by atoms with Crippen molar-refractivity contribution in [2.75, 3.05) is 24.8 Å². The molecule has 0 saturated carbocycles. The minimum absolute atomic E-state index is 0.198. The fourth-order valence-corrected chi connectivity index (χ4v) is 2.84. The van der Waals surface area contributed by atoms with Gasteiger partial charge in [-0.25, -0.2) is 0 Å². The average molecular weight is 438 g/mol. The van der Waals surface area contributed by atoms with Gasteiger partial charge in [-0.3, -0.25) is 9.59 Å². The van der Waals surface area contributed by atoms with Crippen LogP contribution in [-0.2, 0) is 14.3 Å². The van der Waals surface area contributed by atoms with Gasteiger partial charge in [-0.2, -0.15) is 0 Å². The fourth-order valence-electron chi connectivity index (χ4n) is 2.05. The van der Waals surface area contributed by atoms with Crippen molar-refractivity contribution in [1.82, 2.24) is 0 Å². The van der Waals surface area contributed by atoms with Gasteiger partial charge in [-0.15, -0.1) is 11.8 Å². The summed E-state index contributed by atoms with van der Waals surface area (Å²) in [7, 11) is 0. The van der Waals surface area contributed by atoms with E-state index in [0.29, 0.717) is 18.7 Å². The number of halogens is 1. The number of thioether (sulfide) groups is 1. The van der Waals surface area contributed by atoms with Crippen LogP contribution in [0.1, 0.15) is 12.8 Å². The summed E-state index contributed by atoms with van der Waals surface area (Å²) in [6.07, 6.45) is 2.70. The zero-order chi connectivity index (χ0) is 18.8. The van der Waals surface area contributed by atoms with Gasteiger partial charge >= 0.3 is 5.97 Å². The van der Waals surface area contributed by atoms with E-state index in [1.54, 1.807) is 11.8 Å². The normalized spacial score (nSPS) is 10.2. The van der Waals surface area contributed by atoms with Crippen LogP contribution in [-0.4, -0.2) is 31.3 Å². The third-order valence-electron chi connectivity index (χ3n) is 3.33. The van der Waals surface area contributed by atoms with E-state index in [1.807, 2.05) is 54.8 Å². The number of rotatable bonds is 9. The number of carbonyl (C=O) groups is 2. The van der Waals surface area contributed by atoms with Crippen LogP contribution in [0.15, 0.2) is 57.9 Å². The molecule has 1 amide bonds. The summed E-state index contributed by atoms with van der Waals surface area (Å²) < 4.78 is 11.4. The summed E-state index contributed by atoms with van der Waals surface area (Å²) in [4.78, 5) is 24.6. The first kappa shape index (κ1) is 20.3. The maximum absolute atomic E-state index is 11.8. The molecule has 138 valence electrons. The van der Waals surface area contributed by atoms with Crippen molar-refractivity contribution in [1.29, 1.82) is 0 Å². The van der Waals surface area contributed by atoms with E-state index < -0.39 is 5.97 Å². The lowest BCUT2D eigenvalue weighted by Gasteiger charge is -2.08. The Kier molecular flexibility index (Phi) is 8.50. The number of hydrogen-bond acceptors (Lipinski definition) is 5. The molecular formula is C19H20BrNO4S. The van der Waals surface area contributed by atoms with Crippen LogP contribution in [0.2, 0.25) is 0 Å². The van der Waals surface area contributed by atoms with E-state index in [9.17, 15) is 9.59 Å². The molecule has 2 rings (SSSR count). The number of ether oxygens (including phenoxy) is 2. The average Bonchev–Trinajstić information content (AvgIpc) is 2.64. The van der Waals surface area contributed by atoms with Crippen molar-refractivity contribution in [2.45, 2.75) is 17.7 Å². The van der Waals surface area contributed by atoms with Gasteiger partial charge in [0.2, 0.25) is 0 Å². The van der Waals surface area contributed by atoms with E-state index >= 15 is 0 Å². The smallest absolute Gasteiger partial charge is 0.306 e. The van der Waals surface area contributed by atoms with Gasteiger partial charge in [0.15, 0.2) is 6.61 Å². The van der Waals surface area contributed by atoms with Crippen LogP contribution < -0.4 is 10.1 Å². The zero-order valence-electron chi connectivity index (χ0n) is 14.4. The molecule has 0 aromatic heterocycles. The number of benzene rings is 2. The lowest BCUT2D eigenvalue weighted by molar-refractivity contribution is -0.147. The Balaban J connectivity index is 1.60.